The van der Waals surface area contributed by atoms with Crippen LogP contribution in [-0.2, 0) is 4.79 Å². The van der Waals surface area contributed by atoms with Crippen molar-refractivity contribution in [2.75, 3.05) is 13.1 Å². The molecule has 1 heterocycles. The summed E-state index contributed by atoms with van der Waals surface area (Å²) in [5.41, 5.74) is 1.07. The van der Waals surface area contributed by atoms with Gasteiger partial charge in [0.05, 0.1) is 0 Å². The van der Waals surface area contributed by atoms with E-state index >= 15 is 0 Å². The average Bonchev–Trinajstić information content (AvgIpc) is 3.19. The fourth-order valence-corrected chi connectivity index (χ4v) is 3.47. The van der Waals surface area contributed by atoms with Crippen LogP contribution in [0.4, 0.5) is 0 Å². The lowest BCUT2D eigenvalue weighted by Gasteiger charge is -2.23. The van der Waals surface area contributed by atoms with Gasteiger partial charge in [-0.3, -0.25) is 4.79 Å². The Balaban J connectivity index is 0.00000161. The Bertz CT molecular complexity index is 497. The maximum Gasteiger partial charge on any atom is 0.224 e. The average molecular weight is 350 g/mol. The molecule has 3 rings (SSSR count). The van der Waals surface area contributed by atoms with Crippen LogP contribution in [0.1, 0.15) is 30.7 Å². The zero-order valence-electron chi connectivity index (χ0n) is 11.6. The predicted octanol–water partition coefficient (Wildman–Crippen LogP) is 3.39. The second-order valence-electron chi connectivity index (χ2n) is 5.70. The third-order valence-corrected chi connectivity index (χ3v) is 4.52. The van der Waals surface area contributed by atoms with E-state index < -0.39 is 0 Å². The number of benzene rings is 1. The van der Waals surface area contributed by atoms with E-state index in [1.807, 2.05) is 12.1 Å². The first-order chi connectivity index (χ1) is 9.63. The van der Waals surface area contributed by atoms with E-state index in [0.717, 1.165) is 37.9 Å². The van der Waals surface area contributed by atoms with Gasteiger partial charge in [0, 0.05) is 28.5 Å². The van der Waals surface area contributed by atoms with Crippen molar-refractivity contribution in [2.24, 2.45) is 5.92 Å². The smallest absolute Gasteiger partial charge is 0.224 e. The van der Waals surface area contributed by atoms with E-state index in [9.17, 15) is 4.79 Å². The highest BCUT2D eigenvalue weighted by atomic mass is 35.5. The van der Waals surface area contributed by atoms with Crippen molar-refractivity contribution in [2.45, 2.75) is 31.2 Å². The van der Waals surface area contributed by atoms with E-state index in [1.54, 1.807) is 6.07 Å². The van der Waals surface area contributed by atoms with Crippen molar-refractivity contribution in [1.29, 1.82) is 0 Å². The minimum atomic E-state index is 0. The number of amides is 1. The van der Waals surface area contributed by atoms with Gasteiger partial charge in [0.1, 0.15) is 0 Å². The van der Waals surface area contributed by atoms with Crippen LogP contribution in [-0.4, -0.2) is 25.0 Å². The summed E-state index contributed by atoms with van der Waals surface area (Å²) in [6.45, 7) is 1.94. The van der Waals surface area contributed by atoms with Gasteiger partial charge in [-0.05, 0) is 55.5 Å². The molecule has 6 heteroatoms. The number of carbonyl (C=O) groups is 1. The van der Waals surface area contributed by atoms with Gasteiger partial charge in [0.15, 0.2) is 0 Å². The Morgan fingerprint density at radius 2 is 1.95 bits per heavy atom. The molecule has 1 aromatic rings. The molecule has 0 bridgehead atoms. The molecule has 21 heavy (non-hydrogen) atoms. The molecule has 1 aromatic carbocycles. The summed E-state index contributed by atoms with van der Waals surface area (Å²) >= 11 is 12.0. The number of hydrogen-bond acceptors (Lipinski definition) is 2. The monoisotopic (exact) mass is 348 g/mol. The van der Waals surface area contributed by atoms with Crippen LogP contribution in [0.25, 0.3) is 0 Å². The van der Waals surface area contributed by atoms with Gasteiger partial charge in [0.25, 0.3) is 0 Å². The normalized spacial score (nSPS) is 27.6. The Kier molecular flexibility index (Phi) is 5.78. The highest BCUT2D eigenvalue weighted by molar-refractivity contribution is 6.34. The van der Waals surface area contributed by atoms with E-state index in [4.69, 9.17) is 23.2 Å². The lowest BCUT2D eigenvalue weighted by molar-refractivity contribution is -0.123. The molecular formula is C15H19Cl3N2O. The lowest BCUT2D eigenvalue weighted by atomic mass is 10.1. The topological polar surface area (TPSA) is 41.1 Å². The first kappa shape index (κ1) is 16.9. The number of carbonyl (C=O) groups excluding carboxylic acids is 1. The molecule has 0 radical (unpaired) electrons. The van der Waals surface area contributed by atoms with Gasteiger partial charge in [0.2, 0.25) is 5.91 Å². The van der Waals surface area contributed by atoms with Crippen molar-refractivity contribution in [1.82, 2.24) is 10.6 Å². The van der Waals surface area contributed by atoms with Crippen LogP contribution >= 0.6 is 35.6 Å². The molecule has 1 saturated heterocycles. The number of hydrogen-bond donors (Lipinski definition) is 2. The predicted molar refractivity (Wildman–Crippen MR) is 88.6 cm³/mol. The number of nitrogens with one attached hydrogen (secondary N) is 2. The first-order valence-electron chi connectivity index (χ1n) is 7.10. The van der Waals surface area contributed by atoms with Crippen molar-refractivity contribution >= 4 is 41.5 Å². The zero-order chi connectivity index (χ0) is 14.1. The Morgan fingerprint density at radius 1 is 1.24 bits per heavy atom. The fourth-order valence-electron chi connectivity index (χ4n) is 2.93. The maximum absolute atomic E-state index is 12.2. The van der Waals surface area contributed by atoms with Crippen LogP contribution in [0.2, 0.25) is 10.0 Å². The lowest BCUT2D eigenvalue weighted by Crippen LogP contribution is -2.46. The number of piperidine rings is 1. The SMILES string of the molecule is Cl.O=C(NC1CCCNC1)C1CC1c1cc(Cl)cc(Cl)c1. The summed E-state index contributed by atoms with van der Waals surface area (Å²) in [4.78, 5) is 12.2. The second-order valence-corrected chi connectivity index (χ2v) is 6.58. The summed E-state index contributed by atoms with van der Waals surface area (Å²) in [5.74, 6) is 0.508. The van der Waals surface area contributed by atoms with E-state index in [1.165, 1.54) is 0 Å². The standard InChI is InChI=1S/C15H18Cl2N2O.ClH/c16-10-4-9(5-11(17)6-10)13-7-14(13)15(20)19-12-2-1-3-18-8-12;/h4-6,12-14,18H,1-3,7-8H2,(H,19,20);1H. The van der Waals surface area contributed by atoms with Gasteiger partial charge in [-0.15, -0.1) is 12.4 Å². The third kappa shape index (κ3) is 4.26. The van der Waals surface area contributed by atoms with Crippen molar-refractivity contribution in [3.8, 4) is 0 Å². The van der Waals surface area contributed by atoms with Crippen molar-refractivity contribution in [3.05, 3.63) is 33.8 Å². The molecule has 3 atom stereocenters. The Morgan fingerprint density at radius 3 is 2.57 bits per heavy atom. The Hall–Kier alpha value is -0.480. The van der Waals surface area contributed by atoms with Crippen molar-refractivity contribution < 1.29 is 4.79 Å². The molecule has 1 aliphatic carbocycles. The number of rotatable bonds is 3. The van der Waals surface area contributed by atoms with Gasteiger partial charge in [-0.2, -0.15) is 0 Å². The third-order valence-electron chi connectivity index (χ3n) is 4.08. The maximum atomic E-state index is 12.2. The molecular weight excluding hydrogens is 331 g/mol. The minimum absolute atomic E-state index is 0. The van der Waals surface area contributed by atoms with Gasteiger partial charge in [-0.25, -0.2) is 0 Å². The van der Waals surface area contributed by atoms with Crippen LogP contribution in [0.3, 0.4) is 0 Å². The van der Waals surface area contributed by atoms with Crippen LogP contribution < -0.4 is 10.6 Å². The summed E-state index contributed by atoms with van der Waals surface area (Å²) in [5, 5.41) is 7.72. The molecule has 3 unspecified atom stereocenters. The summed E-state index contributed by atoms with van der Waals surface area (Å²) < 4.78 is 0. The molecule has 1 aliphatic heterocycles. The van der Waals surface area contributed by atoms with Crippen LogP contribution in [0.5, 0.6) is 0 Å². The summed E-state index contributed by atoms with van der Waals surface area (Å²) in [6, 6.07) is 5.82. The number of halogens is 3. The zero-order valence-corrected chi connectivity index (χ0v) is 13.9. The van der Waals surface area contributed by atoms with Crippen LogP contribution in [0, 0.1) is 5.92 Å². The fraction of sp³-hybridized carbons (Fsp3) is 0.533. The van der Waals surface area contributed by atoms with Crippen molar-refractivity contribution in [3.63, 3.8) is 0 Å². The van der Waals surface area contributed by atoms with Crippen LogP contribution in [0.15, 0.2) is 18.2 Å². The van der Waals surface area contributed by atoms with E-state index in [2.05, 4.69) is 10.6 Å². The summed E-state index contributed by atoms with van der Waals surface area (Å²) in [6.07, 6.45) is 3.09. The Labute approximate surface area is 141 Å². The quantitative estimate of drug-likeness (QED) is 0.878. The molecule has 0 spiro atoms. The first-order valence-corrected chi connectivity index (χ1v) is 7.86. The molecule has 2 N–H and O–H groups in total. The summed E-state index contributed by atoms with van der Waals surface area (Å²) in [7, 11) is 0. The molecule has 2 fully saturated rings. The minimum Gasteiger partial charge on any atom is -0.352 e. The highest BCUT2D eigenvalue weighted by Crippen LogP contribution is 2.48. The van der Waals surface area contributed by atoms with E-state index in [0.29, 0.717) is 10.0 Å². The van der Waals surface area contributed by atoms with Gasteiger partial charge >= 0.3 is 0 Å². The second kappa shape index (κ2) is 7.19. The molecule has 1 saturated carbocycles. The van der Waals surface area contributed by atoms with Gasteiger partial charge < -0.3 is 10.6 Å². The highest BCUT2D eigenvalue weighted by Gasteiger charge is 2.44. The van der Waals surface area contributed by atoms with E-state index in [-0.39, 0.29) is 36.2 Å². The molecule has 0 aromatic heterocycles. The molecule has 2 aliphatic rings. The van der Waals surface area contributed by atoms with Gasteiger partial charge in [-0.1, -0.05) is 23.2 Å². The largest absolute Gasteiger partial charge is 0.352 e. The molecule has 116 valence electrons. The molecule has 1 amide bonds. The molecule has 3 nitrogen and oxygen atoms in total.